The van der Waals surface area contributed by atoms with Gasteiger partial charge in [-0.25, -0.2) is 0 Å². The quantitative estimate of drug-likeness (QED) is 0.172. The van der Waals surface area contributed by atoms with Crippen molar-refractivity contribution in [1.82, 2.24) is 0 Å². The van der Waals surface area contributed by atoms with Gasteiger partial charge in [-0.05, 0) is 152 Å². The molecule has 0 amide bonds. The maximum Gasteiger partial charge on any atom is -0.000709 e. The number of fused-ring (bicyclic) bond motifs is 9. The van der Waals surface area contributed by atoms with Gasteiger partial charge in [-0.3, -0.25) is 0 Å². The third-order valence-corrected chi connectivity index (χ3v) is 11.2. The van der Waals surface area contributed by atoms with Crippen LogP contribution in [0.5, 0.6) is 0 Å². The van der Waals surface area contributed by atoms with E-state index < -0.39 is 0 Å². The van der Waals surface area contributed by atoms with E-state index in [0.29, 0.717) is 0 Å². The van der Waals surface area contributed by atoms with Crippen LogP contribution in [0.1, 0.15) is 11.1 Å². The van der Waals surface area contributed by atoms with Gasteiger partial charge in [0.1, 0.15) is 0 Å². The summed E-state index contributed by atoms with van der Waals surface area (Å²) in [5.74, 6) is 0. The van der Waals surface area contributed by atoms with Crippen molar-refractivity contribution >= 4 is 86.2 Å². The molecule has 11 aromatic rings. The molecule has 0 saturated heterocycles. The summed E-state index contributed by atoms with van der Waals surface area (Å²) < 4.78 is 0. The van der Waals surface area contributed by atoms with E-state index in [1.807, 2.05) is 0 Å². The van der Waals surface area contributed by atoms with Gasteiger partial charge in [-0.15, -0.1) is 0 Å². The molecule has 11 aromatic carbocycles. The lowest BCUT2D eigenvalue weighted by Crippen LogP contribution is -1.92. The molecule has 0 fully saturated rings. The molecule has 0 atom stereocenters. The lowest BCUT2D eigenvalue weighted by Gasteiger charge is -2.19. The fourth-order valence-corrected chi connectivity index (χ4v) is 9.14. The highest BCUT2D eigenvalue weighted by atomic mass is 14.3. The molecule has 0 aromatic heterocycles. The molecule has 0 unspecified atom stereocenters. The summed E-state index contributed by atoms with van der Waals surface area (Å²) in [7, 11) is 0. The van der Waals surface area contributed by atoms with Crippen LogP contribution >= 0.6 is 0 Å². The zero-order valence-corrected chi connectivity index (χ0v) is 26.9. The van der Waals surface area contributed by atoms with Gasteiger partial charge in [0.15, 0.2) is 0 Å². The first kappa shape index (κ1) is 26.1. The molecule has 0 nitrogen and oxygen atoms in total. The zero-order valence-electron chi connectivity index (χ0n) is 26.9. The van der Waals surface area contributed by atoms with Gasteiger partial charge in [-0.2, -0.15) is 0 Å². The summed E-state index contributed by atoms with van der Waals surface area (Å²) in [5.41, 5.74) is 7.88. The van der Waals surface area contributed by atoms with E-state index in [1.165, 1.54) is 120 Å². The van der Waals surface area contributed by atoms with Crippen LogP contribution in [0, 0.1) is 13.8 Å². The van der Waals surface area contributed by atoms with E-state index >= 15 is 0 Å². The molecule has 0 spiro atoms. The van der Waals surface area contributed by atoms with E-state index in [9.17, 15) is 0 Å². The first-order valence-electron chi connectivity index (χ1n) is 16.9. The molecule has 0 bridgehead atoms. The van der Waals surface area contributed by atoms with Crippen molar-refractivity contribution in [3.63, 3.8) is 0 Å². The van der Waals surface area contributed by atoms with Crippen molar-refractivity contribution in [3.8, 4) is 22.3 Å². The minimum absolute atomic E-state index is 1.29. The lowest BCUT2D eigenvalue weighted by molar-refractivity contribution is 1.47. The molecule has 0 aliphatic carbocycles. The SMILES string of the molecule is Cc1ccccc1-c1c2cc3c(cc2c(-c2ccccc2C)c2c4cc5ccccc5c5cccc(c12)c54)c1cccc2cccc3c21. The van der Waals surface area contributed by atoms with Crippen molar-refractivity contribution in [3.05, 3.63) is 157 Å². The van der Waals surface area contributed by atoms with Gasteiger partial charge in [0, 0.05) is 0 Å². The third kappa shape index (κ3) is 3.25. The Morgan fingerprint density at radius 2 is 0.729 bits per heavy atom. The number of aryl methyl sites for hydroxylation is 2. The largest absolute Gasteiger partial charge is 0.0620 e. The Hall–Kier alpha value is -5.98. The average molecular weight is 607 g/mol. The third-order valence-electron chi connectivity index (χ3n) is 11.2. The smallest absolute Gasteiger partial charge is 0.000709 e. The van der Waals surface area contributed by atoms with Gasteiger partial charge in [0.05, 0.1) is 0 Å². The van der Waals surface area contributed by atoms with Crippen molar-refractivity contribution < 1.29 is 0 Å². The van der Waals surface area contributed by atoms with Crippen LogP contribution in [0.25, 0.3) is 108 Å². The Balaban J connectivity index is 1.51. The predicted octanol–water partition coefficient (Wildman–Crippen LogP) is 13.7. The predicted molar refractivity (Wildman–Crippen MR) is 209 cm³/mol. The molecule has 0 N–H and O–H groups in total. The Labute approximate surface area is 278 Å². The fraction of sp³-hybridized carbons (Fsp3) is 0.0417. The van der Waals surface area contributed by atoms with Crippen LogP contribution in [0.4, 0.5) is 0 Å². The highest BCUT2D eigenvalue weighted by Crippen LogP contribution is 2.54. The molecule has 0 radical (unpaired) electrons. The monoisotopic (exact) mass is 606 g/mol. The summed E-state index contributed by atoms with van der Waals surface area (Å²) in [4.78, 5) is 0. The summed E-state index contributed by atoms with van der Waals surface area (Å²) in [6.45, 7) is 4.54. The number of hydrogen-bond donors (Lipinski definition) is 0. The van der Waals surface area contributed by atoms with E-state index in [-0.39, 0.29) is 0 Å². The van der Waals surface area contributed by atoms with Crippen LogP contribution in [0.15, 0.2) is 146 Å². The van der Waals surface area contributed by atoms with Crippen molar-refractivity contribution in [1.29, 1.82) is 0 Å². The topological polar surface area (TPSA) is 0 Å². The second-order valence-corrected chi connectivity index (χ2v) is 13.7. The van der Waals surface area contributed by atoms with E-state index in [1.54, 1.807) is 0 Å². The van der Waals surface area contributed by atoms with Crippen LogP contribution in [-0.2, 0) is 0 Å². The van der Waals surface area contributed by atoms with E-state index in [0.717, 1.165) is 0 Å². The molecule has 0 saturated carbocycles. The van der Waals surface area contributed by atoms with Gasteiger partial charge in [-0.1, -0.05) is 127 Å². The summed E-state index contributed by atoms with van der Waals surface area (Å²) in [6, 6.07) is 54.9. The zero-order chi connectivity index (χ0) is 31.7. The molecule has 0 aliphatic heterocycles. The maximum atomic E-state index is 2.53. The highest BCUT2D eigenvalue weighted by molar-refractivity contribution is 6.43. The van der Waals surface area contributed by atoms with Crippen molar-refractivity contribution in [2.75, 3.05) is 0 Å². The molecular weight excluding hydrogens is 577 g/mol. The lowest BCUT2D eigenvalue weighted by atomic mass is 9.83. The highest BCUT2D eigenvalue weighted by Gasteiger charge is 2.26. The normalized spacial score (nSPS) is 12.4. The van der Waals surface area contributed by atoms with Crippen molar-refractivity contribution in [2.24, 2.45) is 0 Å². The molecular formula is C48H30. The van der Waals surface area contributed by atoms with Crippen LogP contribution in [0.3, 0.4) is 0 Å². The number of benzene rings is 9. The maximum absolute atomic E-state index is 2.53. The Morgan fingerprint density at radius 1 is 0.271 bits per heavy atom. The number of rotatable bonds is 2. The molecule has 0 heteroatoms. The summed E-state index contributed by atoms with van der Waals surface area (Å²) in [5, 5.41) is 21.4. The minimum atomic E-state index is 1.29. The Bertz CT molecular complexity index is 3120. The van der Waals surface area contributed by atoms with Gasteiger partial charge in [0.25, 0.3) is 0 Å². The van der Waals surface area contributed by atoms with Crippen LogP contribution in [0.2, 0.25) is 0 Å². The Morgan fingerprint density at radius 3 is 1.35 bits per heavy atom. The molecule has 222 valence electrons. The molecule has 48 heavy (non-hydrogen) atoms. The van der Waals surface area contributed by atoms with Gasteiger partial charge < -0.3 is 0 Å². The molecule has 0 aliphatic rings. The second kappa shape index (κ2) is 9.31. The van der Waals surface area contributed by atoms with E-state index in [4.69, 9.17) is 0 Å². The van der Waals surface area contributed by atoms with E-state index in [2.05, 4.69) is 159 Å². The fourth-order valence-electron chi connectivity index (χ4n) is 9.14. The second-order valence-electron chi connectivity index (χ2n) is 13.7. The average Bonchev–Trinajstić information content (AvgIpc) is 3.62. The molecule has 11 rings (SSSR count). The number of hydrogen-bond acceptors (Lipinski definition) is 0. The molecule has 0 heterocycles. The Kier molecular flexibility index (Phi) is 5.07. The first-order chi connectivity index (χ1) is 23.7. The first-order valence-corrected chi connectivity index (χ1v) is 16.9. The summed E-state index contributed by atoms with van der Waals surface area (Å²) in [6.07, 6.45) is 0. The minimum Gasteiger partial charge on any atom is -0.0620 e. The summed E-state index contributed by atoms with van der Waals surface area (Å²) >= 11 is 0. The van der Waals surface area contributed by atoms with Crippen molar-refractivity contribution in [2.45, 2.75) is 13.8 Å². The van der Waals surface area contributed by atoms with Gasteiger partial charge >= 0.3 is 0 Å². The van der Waals surface area contributed by atoms with Crippen LogP contribution < -0.4 is 0 Å². The van der Waals surface area contributed by atoms with Gasteiger partial charge in [0.2, 0.25) is 0 Å². The van der Waals surface area contributed by atoms with Crippen LogP contribution in [-0.4, -0.2) is 0 Å². The standard InChI is InChI=1S/C48H30/c1-27-12-3-6-17-31(27)45-40-25-38-35-20-9-15-29-16-10-21-36(43(29)35)39(38)26-41(40)46(32-18-7-4-13-28(32)2)48-42-24-30-14-5-8-19-33(30)34-22-11-23-37(44(34)42)47(45)48/h3-26H,1-2H3.